The van der Waals surface area contributed by atoms with E-state index in [2.05, 4.69) is 0 Å². The molecule has 2 nitrogen and oxygen atoms in total. The Balaban J connectivity index is 2.17. The topological polar surface area (TPSA) is 34.1 Å². The lowest BCUT2D eigenvalue weighted by atomic mass is 10.1. The van der Waals surface area contributed by atoms with Gasteiger partial charge in [0.2, 0.25) is 0 Å². The van der Waals surface area contributed by atoms with Crippen LogP contribution in [-0.2, 0) is 10.8 Å². The van der Waals surface area contributed by atoms with Crippen LogP contribution in [0, 0.1) is 11.6 Å². The average molecular weight is 315 g/mol. The van der Waals surface area contributed by atoms with Crippen molar-refractivity contribution in [2.75, 3.05) is 5.75 Å². The highest BCUT2D eigenvalue weighted by molar-refractivity contribution is 7.85. The van der Waals surface area contributed by atoms with Crippen LogP contribution in [0.1, 0.15) is 10.4 Å². The standard InChI is InChI=1S/C14H9ClF2O2S/c15-10-3-1-9(2-4-10)13(18)8-20(19)14-7-11(16)5-6-12(14)17/h1-7H,8H2. The Kier molecular flexibility index (Phi) is 4.62. The fraction of sp³-hybridized carbons (Fsp3) is 0.0714. The molecular weight excluding hydrogens is 306 g/mol. The largest absolute Gasteiger partial charge is 0.293 e. The molecule has 0 fully saturated rings. The van der Waals surface area contributed by atoms with Crippen molar-refractivity contribution in [3.8, 4) is 0 Å². The first-order valence-electron chi connectivity index (χ1n) is 5.59. The molecule has 0 aromatic heterocycles. The highest BCUT2D eigenvalue weighted by Gasteiger charge is 2.16. The summed E-state index contributed by atoms with van der Waals surface area (Å²) < 4.78 is 38.4. The lowest BCUT2D eigenvalue weighted by molar-refractivity contribution is 0.102. The van der Waals surface area contributed by atoms with E-state index in [0.717, 1.165) is 18.2 Å². The van der Waals surface area contributed by atoms with Gasteiger partial charge in [0.15, 0.2) is 5.78 Å². The summed E-state index contributed by atoms with van der Waals surface area (Å²) in [6, 6.07) is 8.68. The average Bonchev–Trinajstić information content (AvgIpc) is 2.42. The zero-order valence-electron chi connectivity index (χ0n) is 10.1. The first kappa shape index (κ1) is 14.8. The van der Waals surface area contributed by atoms with Crippen LogP contribution in [0.3, 0.4) is 0 Å². The summed E-state index contributed by atoms with van der Waals surface area (Å²) >= 11 is 5.69. The fourth-order valence-corrected chi connectivity index (χ4v) is 2.78. The molecule has 0 saturated carbocycles. The Morgan fingerprint density at radius 3 is 2.40 bits per heavy atom. The van der Waals surface area contributed by atoms with E-state index in [9.17, 15) is 17.8 Å². The van der Waals surface area contributed by atoms with Crippen LogP contribution in [0.25, 0.3) is 0 Å². The molecular formula is C14H9ClF2O2S. The van der Waals surface area contributed by atoms with Gasteiger partial charge in [-0.1, -0.05) is 11.6 Å². The molecule has 6 heteroatoms. The Bertz CT molecular complexity index is 671. The Morgan fingerprint density at radius 1 is 1.10 bits per heavy atom. The van der Waals surface area contributed by atoms with Crippen LogP contribution in [0.2, 0.25) is 5.02 Å². The van der Waals surface area contributed by atoms with Crippen LogP contribution < -0.4 is 0 Å². The van der Waals surface area contributed by atoms with Gasteiger partial charge in [0.25, 0.3) is 0 Å². The fourth-order valence-electron chi connectivity index (χ4n) is 1.57. The summed E-state index contributed by atoms with van der Waals surface area (Å²) in [6.45, 7) is 0. The smallest absolute Gasteiger partial charge is 0.175 e. The monoisotopic (exact) mass is 314 g/mol. The molecule has 0 aliphatic carbocycles. The minimum atomic E-state index is -1.94. The van der Waals surface area contributed by atoms with Crippen LogP contribution in [0.15, 0.2) is 47.4 Å². The lowest BCUT2D eigenvalue weighted by Crippen LogP contribution is -2.12. The Morgan fingerprint density at radius 2 is 1.75 bits per heavy atom. The molecule has 0 N–H and O–H groups in total. The van der Waals surface area contributed by atoms with E-state index in [0.29, 0.717) is 10.6 Å². The summed E-state index contributed by atoms with van der Waals surface area (Å²) in [6.07, 6.45) is 0. The van der Waals surface area contributed by atoms with E-state index in [1.54, 1.807) is 0 Å². The number of Topliss-reactive ketones (excluding diaryl/α,β-unsaturated/α-hetero) is 1. The van der Waals surface area contributed by atoms with Gasteiger partial charge in [0.1, 0.15) is 11.6 Å². The Hall–Kier alpha value is -1.59. The van der Waals surface area contributed by atoms with E-state index >= 15 is 0 Å². The van der Waals surface area contributed by atoms with Gasteiger partial charge < -0.3 is 0 Å². The number of hydrogen-bond acceptors (Lipinski definition) is 2. The van der Waals surface area contributed by atoms with Gasteiger partial charge in [-0.15, -0.1) is 0 Å². The second kappa shape index (κ2) is 6.24. The van der Waals surface area contributed by atoms with Crippen molar-refractivity contribution in [1.82, 2.24) is 0 Å². The third kappa shape index (κ3) is 3.49. The van der Waals surface area contributed by atoms with Gasteiger partial charge in [-0.3, -0.25) is 9.00 Å². The third-order valence-corrected chi connectivity index (χ3v) is 4.15. The molecule has 2 rings (SSSR count). The van der Waals surface area contributed by atoms with E-state index in [1.807, 2.05) is 0 Å². The highest BCUT2D eigenvalue weighted by atomic mass is 35.5. The van der Waals surface area contributed by atoms with Gasteiger partial charge in [0, 0.05) is 10.6 Å². The van der Waals surface area contributed by atoms with Crippen LogP contribution in [0.5, 0.6) is 0 Å². The normalized spacial score (nSPS) is 12.2. The molecule has 1 atom stereocenters. The number of benzene rings is 2. The zero-order chi connectivity index (χ0) is 14.7. The van der Waals surface area contributed by atoms with E-state index in [1.165, 1.54) is 24.3 Å². The molecule has 104 valence electrons. The van der Waals surface area contributed by atoms with Crippen molar-refractivity contribution in [2.24, 2.45) is 0 Å². The molecule has 0 aliphatic heterocycles. The van der Waals surface area contributed by atoms with Crippen molar-refractivity contribution in [3.05, 3.63) is 64.7 Å². The van der Waals surface area contributed by atoms with Crippen molar-refractivity contribution >= 4 is 28.2 Å². The minimum Gasteiger partial charge on any atom is -0.293 e. The summed E-state index contributed by atoms with van der Waals surface area (Å²) in [5.41, 5.74) is 0.319. The first-order valence-corrected chi connectivity index (χ1v) is 7.29. The highest BCUT2D eigenvalue weighted by Crippen LogP contribution is 2.16. The maximum atomic E-state index is 13.4. The summed E-state index contributed by atoms with van der Waals surface area (Å²) in [4.78, 5) is 11.6. The lowest BCUT2D eigenvalue weighted by Gasteiger charge is -2.04. The zero-order valence-corrected chi connectivity index (χ0v) is 11.7. The number of rotatable bonds is 4. The van der Waals surface area contributed by atoms with E-state index in [-0.39, 0.29) is 4.90 Å². The van der Waals surface area contributed by atoms with Crippen molar-refractivity contribution in [3.63, 3.8) is 0 Å². The van der Waals surface area contributed by atoms with Gasteiger partial charge in [-0.2, -0.15) is 0 Å². The van der Waals surface area contributed by atoms with Crippen LogP contribution in [0.4, 0.5) is 8.78 Å². The number of carbonyl (C=O) groups excluding carboxylic acids is 1. The van der Waals surface area contributed by atoms with Gasteiger partial charge >= 0.3 is 0 Å². The third-order valence-electron chi connectivity index (χ3n) is 2.57. The van der Waals surface area contributed by atoms with Crippen molar-refractivity contribution < 1.29 is 17.8 Å². The maximum Gasteiger partial charge on any atom is 0.175 e. The number of ketones is 1. The van der Waals surface area contributed by atoms with Gasteiger partial charge in [-0.05, 0) is 42.5 Å². The quantitative estimate of drug-likeness (QED) is 0.808. The number of halogens is 3. The molecule has 0 amide bonds. The second-order valence-corrected chi connectivity index (χ2v) is 5.85. The number of carbonyl (C=O) groups is 1. The molecule has 0 aliphatic rings. The predicted octanol–water partition coefficient (Wildman–Crippen LogP) is 3.61. The molecule has 0 heterocycles. The van der Waals surface area contributed by atoms with Crippen LogP contribution in [-0.4, -0.2) is 15.7 Å². The molecule has 1 unspecified atom stereocenters. The van der Waals surface area contributed by atoms with E-state index in [4.69, 9.17) is 11.6 Å². The first-order chi connectivity index (χ1) is 9.47. The van der Waals surface area contributed by atoms with Crippen molar-refractivity contribution in [2.45, 2.75) is 4.90 Å². The molecule has 20 heavy (non-hydrogen) atoms. The van der Waals surface area contributed by atoms with Crippen molar-refractivity contribution in [1.29, 1.82) is 0 Å². The molecule has 2 aromatic rings. The Labute approximate surface area is 121 Å². The molecule has 2 aromatic carbocycles. The molecule has 0 bridgehead atoms. The predicted molar refractivity (Wildman–Crippen MR) is 73.4 cm³/mol. The van der Waals surface area contributed by atoms with Crippen LogP contribution >= 0.6 is 11.6 Å². The summed E-state index contributed by atoms with van der Waals surface area (Å²) in [7, 11) is -1.94. The molecule has 0 saturated heterocycles. The summed E-state index contributed by atoms with van der Waals surface area (Å²) in [5.74, 6) is -2.34. The van der Waals surface area contributed by atoms with Gasteiger partial charge in [0.05, 0.1) is 21.4 Å². The second-order valence-electron chi connectivity index (χ2n) is 3.99. The number of hydrogen-bond donors (Lipinski definition) is 0. The van der Waals surface area contributed by atoms with Gasteiger partial charge in [-0.25, -0.2) is 8.78 Å². The molecule has 0 radical (unpaired) electrons. The summed E-state index contributed by atoms with van der Waals surface area (Å²) in [5, 5.41) is 0.471. The maximum absolute atomic E-state index is 13.4. The molecule has 0 spiro atoms. The SMILES string of the molecule is O=C(CS(=O)c1cc(F)ccc1F)c1ccc(Cl)cc1. The minimum absolute atomic E-state index is 0.313. The van der Waals surface area contributed by atoms with E-state index < -0.39 is 34.0 Å².